The van der Waals surface area contributed by atoms with Crippen molar-refractivity contribution in [2.45, 2.75) is 0 Å². The molecule has 0 radical (unpaired) electrons. The average molecular weight is 399 g/mol. The molecule has 0 aliphatic rings. The molecule has 0 unspecified atom stereocenters. The molecule has 0 bridgehead atoms. The number of amides is 1. The molecule has 2 aromatic carbocycles. The third kappa shape index (κ3) is 4.95. The van der Waals surface area contributed by atoms with Gasteiger partial charge in [0.25, 0.3) is 11.6 Å². The molecule has 3 rings (SSSR count). The van der Waals surface area contributed by atoms with Crippen LogP contribution in [0.25, 0.3) is 5.69 Å². The van der Waals surface area contributed by atoms with Crippen LogP contribution in [0.5, 0.6) is 5.75 Å². The number of nitro groups is 1. The van der Waals surface area contributed by atoms with Gasteiger partial charge in [-0.2, -0.15) is 5.10 Å². The van der Waals surface area contributed by atoms with Gasteiger partial charge in [0.05, 0.1) is 16.8 Å². The Labute approximate surface area is 165 Å². The molecule has 0 saturated heterocycles. The smallest absolute Gasteiger partial charge is 0.277 e. The molecule has 9 heteroatoms. The van der Waals surface area contributed by atoms with Gasteiger partial charge < -0.3 is 9.30 Å². The Morgan fingerprint density at radius 1 is 1.18 bits per heavy atom. The Hall–Kier alpha value is -3.65. The summed E-state index contributed by atoms with van der Waals surface area (Å²) in [6.07, 6.45) is 3.26. The van der Waals surface area contributed by atoms with Crippen molar-refractivity contribution in [1.82, 2.24) is 9.99 Å². The largest absolute Gasteiger partial charge is 0.484 e. The van der Waals surface area contributed by atoms with Crippen molar-refractivity contribution >= 4 is 29.4 Å². The van der Waals surface area contributed by atoms with Crippen LogP contribution in [-0.2, 0) is 4.79 Å². The summed E-state index contributed by atoms with van der Waals surface area (Å²) >= 11 is 5.78. The maximum Gasteiger partial charge on any atom is 0.277 e. The Morgan fingerprint density at radius 2 is 1.89 bits per heavy atom. The van der Waals surface area contributed by atoms with E-state index in [0.29, 0.717) is 16.5 Å². The summed E-state index contributed by atoms with van der Waals surface area (Å²) in [6, 6.07) is 16.4. The third-order valence-corrected chi connectivity index (χ3v) is 3.94. The quantitative estimate of drug-likeness (QED) is 0.373. The molecule has 8 nitrogen and oxygen atoms in total. The standard InChI is InChI=1S/C19H15ClN4O4/c20-14-3-9-18(10-4-14)28-13-19(25)22-21-12-17-2-1-11-23(17)15-5-7-16(8-6-15)24(26)27/h1-12H,13H2,(H,22,25)/b21-12-. The van der Waals surface area contributed by atoms with E-state index >= 15 is 0 Å². The summed E-state index contributed by atoms with van der Waals surface area (Å²) in [7, 11) is 0. The zero-order valence-corrected chi connectivity index (χ0v) is 15.2. The molecule has 0 fully saturated rings. The predicted octanol–water partition coefficient (Wildman–Crippen LogP) is 3.57. The van der Waals surface area contributed by atoms with Crippen LogP contribution < -0.4 is 10.2 Å². The molecule has 142 valence electrons. The van der Waals surface area contributed by atoms with E-state index in [0.717, 1.165) is 5.69 Å². The minimum Gasteiger partial charge on any atom is -0.484 e. The molecule has 1 N–H and O–H groups in total. The lowest BCUT2D eigenvalue weighted by Gasteiger charge is -2.06. The van der Waals surface area contributed by atoms with E-state index in [9.17, 15) is 14.9 Å². The molecular weight excluding hydrogens is 384 g/mol. The van der Waals surface area contributed by atoms with E-state index in [2.05, 4.69) is 10.5 Å². The van der Waals surface area contributed by atoms with E-state index in [4.69, 9.17) is 16.3 Å². The zero-order valence-electron chi connectivity index (χ0n) is 14.5. The minimum absolute atomic E-state index is 0.0130. The van der Waals surface area contributed by atoms with Crippen LogP contribution in [-0.4, -0.2) is 28.2 Å². The van der Waals surface area contributed by atoms with Gasteiger partial charge in [-0.1, -0.05) is 11.6 Å². The number of aromatic nitrogens is 1. The highest BCUT2D eigenvalue weighted by molar-refractivity contribution is 6.30. The van der Waals surface area contributed by atoms with Gasteiger partial charge in [0.15, 0.2) is 6.61 Å². The normalized spacial score (nSPS) is 10.8. The molecule has 0 saturated carbocycles. The molecule has 0 aliphatic heterocycles. The molecule has 28 heavy (non-hydrogen) atoms. The Morgan fingerprint density at radius 3 is 2.57 bits per heavy atom. The number of nitro benzene ring substituents is 1. The summed E-state index contributed by atoms with van der Waals surface area (Å²) in [5, 5.41) is 15.2. The van der Waals surface area contributed by atoms with Gasteiger partial charge >= 0.3 is 0 Å². The second kappa shape index (κ2) is 8.83. The van der Waals surface area contributed by atoms with E-state index in [1.165, 1.54) is 18.3 Å². The van der Waals surface area contributed by atoms with E-state index in [1.807, 2.05) is 0 Å². The highest BCUT2D eigenvalue weighted by atomic mass is 35.5. The van der Waals surface area contributed by atoms with Gasteiger partial charge in [-0.3, -0.25) is 14.9 Å². The predicted molar refractivity (Wildman–Crippen MR) is 105 cm³/mol. The lowest BCUT2D eigenvalue weighted by Crippen LogP contribution is -2.24. The summed E-state index contributed by atoms with van der Waals surface area (Å²) in [4.78, 5) is 22.1. The van der Waals surface area contributed by atoms with Crippen molar-refractivity contribution in [2.24, 2.45) is 5.10 Å². The second-order valence-corrected chi connectivity index (χ2v) is 6.05. The number of benzene rings is 2. The Bertz CT molecular complexity index is 998. The zero-order chi connectivity index (χ0) is 19.9. The van der Waals surface area contributed by atoms with Crippen molar-refractivity contribution in [3.63, 3.8) is 0 Å². The van der Waals surface area contributed by atoms with Crippen molar-refractivity contribution < 1.29 is 14.5 Å². The van der Waals surface area contributed by atoms with Gasteiger partial charge in [-0.15, -0.1) is 0 Å². The maximum atomic E-state index is 11.8. The number of carbonyl (C=O) groups is 1. The molecule has 1 aromatic heterocycles. The van der Waals surface area contributed by atoms with Gasteiger partial charge in [0, 0.05) is 29.0 Å². The van der Waals surface area contributed by atoms with E-state index < -0.39 is 10.8 Å². The number of non-ortho nitro benzene ring substituents is 1. The van der Waals surface area contributed by atoms with Gasteiger partial charge in [0.1, 0.15) is 5.75 Å². The van der Waals surface area contributed by atoms with Crippen LogP contribution in [0.4, 0.5) is 5.69 Å². The maximum absolute atomic E-state index is 11.8. The SMILES string of the molecule is O=C(COc1ccc(Cl)cc1)N/N=C\c1cccn1-c1ccc([N+](=O)[O-])cc1. The number of nitrogens with zero attached hydrogens (tertiary/aromatic N) is 3. The van der Waals surface area contributed by atoms with Crippen molar-refractivity contribution in [1.29, 1.82) is 0 Å². The first-order chi connectivity index (χ1) is 13.5. The number of hydrogen-bond acceptors (Lipinski definition) is 5. The third-order valence-electron chi connectivity index (χ3n) is 3.69. The lowest BCUT2D eigenvalue weighted by atomic mass is 10.3. The van der Waals surface area contributed by atoms with Crippen molar-refractivity contribution in [3.8, 4) is 11.4 Å². The van der Waals surface area contributed by atoms with Crippen molar-refractivity contribution in [2.75, 3.05) is 6.61 Å². The summed E-state index contributed by atoms with van der Waals surface area (Å²) in [5.41, 5.74) is 3.81. The first-order valence-electron chi connectivity index (χ1n) is 8.15. The van der Waals surface area contributed by atoms with Gasteiger partial charge in [0.2, 0.25) is 0 Å². The van der Waals surface area contributed by atoms with E-state index in [1.54, 1.807) is 59.3 Å². The topological polar surface area (TPSA) is 98.8 Å². The van der Waals surface area contributed by atoms with Crippen molar-refractivity contribution in [3.05, 3.63) is 87.7 Å². The number of ether oxygens (including phenoxy) is 1. The molecule has 1 heterocycles. The molecule has 1 amide bonds. The number of rotatable bonds is 7. The fraction of sp³-hybridized carbons (Fsp3) is 0.0526. The molecule has 3 aromatic rings. The van der Waals surface area contributed by atoms with Gasteiger partial charge in [-0.05, 0) is 48.5 Å². The second-order valence-electron chi connectivity index (χ2n) is 5.61. The van der Waals surface area contributed by atoms with E-state index in [-0.39, 0.29) is 12.3 Å². The van der Waals surface area contributed by atoms with Crippen LogP contribution >= 0.6 is 11.6 Å². The first-order valence-corrected chi connectivity index (χ1v) is 8.53. The number of nitrogens with one attached hydrogen (secondary N) is 1. The highest BCUT2D eigenvalue weighted by Gasteiger charge is 2.07. The van der Waals surface area contributed by atoms with Gasteiger partial charge in [-0.25, -0.2) is 5.43 Å². The Balaban J connectivity index is 1.57. The van der Waals surface area contributed by atoms with Crippen LogP contribution in [0.2, 0.25) is 5.02 Å². The first kappa shape index (κ1) is 19.1. The van der Waals surface area contributed by atoms with Crippen LogP contribution in [0.3, 0.4) is 0 Å². The fourth-order valence-electron chi connectivity index (χ4n) is 2.35. The van der Waals surface area contributed by atoms with Crippen LogP contribution in [0, 0.1) is 10.1 Å². The summed E-state index contributed by atoms with van der Waals surface area (Å²) < 4.78 is 7.11. The Kier molecular flexibility index (Phi) is 6.03. The molecule has 0 aliphatic carbocycles. The average Bonchev–Trinajstić information content (AvgIpc) is 3.16. The minimum atomic E-state index is -0.455. The summed E-state index contributed by atoms with van der Waals surface area (Å²) in [6.45, 7) is -0.192. The lowest BCUT2D eigenvalue weighted by molar-refractivity contribution is -0.384. The van der Waals surface area contributed by atoms with Crippen LogP contribution in [0.1, 0.15) is 5.69 Å². The monoisotopic (exact) mass is 398 g/mol. The summed E-state index contributed by atoms with van der Waals surface area (Å²) in [5.74, 6) is 0.107. The fourth-order valence-corrected chi connectivity index (χ4v) is 2.48. The molecule has 0 spiro atoms. The number of hydrazone groups is 1. The molecular formula is C19H15ClN4O4. The number of hydrogen-bond donors (Lipinski definition) is 1. The number of carbonyl (C=O) groups excluding carboxylic acids is 1. The van der Waals surface area contributed by atoms with Crippen LogP contribution in [0.15, 0.2) is 72.0 Å². The number of halogens is 1. The molecule has 0 atom stereocenters. The highest BCUT2D eigenvalue weighted by Crippen LogP contribution is 2.17.